The SMILES string of the molecule is CCCNCC(C)CN(CC(C)C)C(CC)CC. The van der Waals surface area contributed by atoms with Crippen molar-refractivity contribution in [2.24, 2.45) is 11.8 Å². The van der Waals surface area contributed by atoms with Gasteiger partial charge in [0.05, 0.1) is 0 Å². The molecule has 1 N–H and O–H groups in total. The van der Waals surface area contributed by atoms with E-state index in [1.165, 1.54) is 32.4 Å². The van der Waals surface area contributed by atoms with Crippen molar-refractivity contribution in [1.29, 1.82) is 0 Å². The molecule has 2 heteroatoms. The fourth-order valence-electron chi connectivity index (χ4n) is 2.64. The van der Waals surface area contributed by atoms with Crippen molar-refractivity contribution in [1.82, 2.24) is 10.2 Å². The summed E-state index contributed by atoms with van der Waals surface area (Å²) in [7, 11) is 0. The molecule has 0 saturated heterocycles. The van der Waals surface area contributed by atoms with Gasteiger partial charge in [-0.1, -0.05) is 41.5 Å². The molecule has 0 aromatic heterocycles. The van der Waals surface area contributed by atoms with Crippen molar-refractivity contribution in [2.45, 2.75) is 66.8 Å². The third-order valence-corrected chi connectivity index (χ3v) is 3.52. The predicted octanol–water partition coefficient (Wildman–Crippen LogP) is 3.77. The highest BCUT2D eigenvalue weighted by Gasteiger charge is 2.18. The summed E-state index contributed by atoms with van der Waals surface area (Å²) in [6.45, 7) is 18.7. The average molecular weight is 256 g/mol. The van der Waals surface area contributed by atoms with E-state index in [1.54, 1.807) is 0 Å². The van der Waals surface area contributed by atoms with E-state index in [0.29, 0.717) is 0 Å². The largest absolute Gasteiger partial charge is 0.316 e. The molecule has 0 saturated carbocycles. The van der Waals surface area contributed by atoms with Crippen LogP contribution in [0.1, 0.15) is 60.8 Å². The van der Waals surface area contributed by atoms with Crippen molar-refractivity contribution in [3.05, 3.63) is 0 Å². The van der Waals surface area contributed by atoms with Gasteiger partial charge in [-0.15, -0.1) is 0 Å². The van der Waals surface area contributed by atoms with Gasteiger partial charge in [-0.25, -0.2) is 0 Å². The van der Waals surface area contributed by atoms with Gasteiger partial charge in [-0.05, 0) is 44.2 Å². The van der Waals surface area contributed by atoms with Gasteiger partial charge in [0, 0.05) is 19.1 Å². The Bertz CT molecular complexity index is 176. The molecule has 0 heterocycles. The minimum Gasteiger partial charge on any atom is -0.316 e. The summed E-state index contributed by atoms with van der Waals surface area (Å²) in [6, 6.07) is 0.765. The second kappa shape index (κ2) is 10.8. The first-order valence-corrected chi connectivity index (χ1v) is 7.99. The molecule has 18 heavy (non-hydrogen) atoms. The van der Waals surface area contributed by atoms with E-state index in [-0.39, 0.29) is 0 Å². The van der Waals surface area contributed by atoms with Gasteiger partial charge in [0.1, 0.15) is 0 Å². The Balaban J connectivity index is 4.20. The molecule has 0 rings (SSSR count). The molecular weight excluding hydrogens is 220 g/mol. The normalized spacial score (nSPS) is 13.8. The number of nitrogens with one attached hydrogen (secondary N) is 1. The maximum atomic E-state index is 3.54. The molecule has 2 nitrogen and oxygen atoms in total. The van der Waals surface area contributed by atoms with E-state index in [0.717, 1.165) is 31.0 Å². The highest BCUT2D eigenvalue weighted by molar-refractivity contribution is 4.73. The van der Waals surface area contributed by atoms with Gasteiger partial charge in [0.15, 0.2) is 0 Å². The van der Waals surface area contributed by atoms with Crippen LogP contribution in [0, 0.1) is 11.8 Å². The molecule has 110 valence electrons. The van der Waals surface area contributed by atoms with E-state index in [9.17, 15) is 0 Å². The summed E-state index contributed by atoms with van der Waals surface area (Å²) in [5.41, 5.74) is 0. The van der Waals surface area contributed by atoms with Gasteiger partial charge in [0.2, 0.25) is 0 Å². The molecule has 0 radical (unpaired) electrons. The molecule has 0 bridgehead atoms. The summed E-state index contributed by atoms with van der Waals surface area (Å²) in [6.07, 6.45) is 3.78. The van der Waals surface area contributed by atoms with Crippen LogP contribution in [0.2, 0.25) is 0 Å². The number of rotatable bonds is 11. The molecule has 0 aliphatic carbocycles. The molecule has 0 aliphatic heterocycles. The highest BCUT2D eigenvalue weighted by Crippen LogP contribution is 2.13. The number of hydrogen-bond donors (Lipinski definition) is 1. The topological polar surface area (TPSA) is 15.3 Å². The van der Waals surface area contributed by atoms with Crippen LogP contribution in [0.5, 0.6) is 0 Å². The molecule has 0 aliphatic rings. The lowest BCUT2D eigenvalue weighted by Crippen LogP contribution is -2.42. The smallest absolute Gasteiger partial charge is 0.00902 e. The van der Waals surface area contributed by atoms with Crippen molar-refractivity contribution >= 4 is 0 Å². The molecule has 0 aromatic rings. The first-order chi connectivity index (χ1) is 8.54. The Kier molecular flexibility index (Phi) is 10.8. The second-order valence-electron chi connectivity index (χ2n) is 6.13. The fraction of sp³-hybridized carbons (Fsp3) is 1.00. The van der Waals surface area contributed by atoms with Crippen molar-refractivity contribution in [2.75, 3.05) is 26.2 Å². The maximum Gasteiger partial charge on any atom is 0.00902 e. The summed E-state index contributed by atoms with van der Waals surface area (Å²) in [4.78, 5) is 2.71. The van der Waals surface area contributed by atoms with E-state index in [2.05, 4.69) is 51.8 Å². The molecule has 0 spiro atoms. The number of nitrogens with zero attached hydrogens (tertiary/aromatic N) is 1. The van der Waals surface area contributed by atoms with Crippen molar-refractivity contribution in [3.8, 4) is 0 Å². The first kappa shape index (κ1) is 17.9. The Morgan fingerprint density at radius 2 is 1.56 bits per heavy atom. The van der Waals surface area contributed by atoms with Crippen LogP contribution in [-0.4, -0.2) is 37.1 Å². The quantitative estimate of drug-likeness (QED) is 0.566. The van der Waals surface area contributed by atoms with Crippen LogP contribution >= 0.6 is 0 Å². The van der Waals surface area contributed by atoms with E-state index < -0.39 is 0 Å². The zero-order valence-electron chi connectivity index (χ0n) is 13.6. The monoisotopic (exact) mass is 256 g/mol. The average Bonchev–Trinajstić information content (AvgIpc) is 2.30. The predicted molar refractivity (Wildman–Crippen MR) is 83.1 cm³/mol. The number of hydrogen-bond acceptors (Lipinski definition) is 2. The van der Waals surface area contributed by atoms with Gasteiger partial charge in [0.25, 0.3) is 0 Å². The molecule has 1 atom stereocenters. The zero-order chi connectivity index (χ0) is 14.0. The van der Waals surface area contributed by atoms with Crippen LogP contribution in [0.3, 0.4) is 0 Å². The highest BCUT2D eigenvalue weighted by atomic mass is 15.2. The van der Waals surface area contributed by atoms with Gasteiger partial charge in [-0.2, -0.15) is 0 Å². The Labute approximate surface area is 116 Å². The van der Waals surface area contributed by atoms with Crippen molar-refractivity contribution < 1.29 is 0 Å². The van der Waals surface area contributed by atoms with Gasteiger partial charge in [-0.3, -0.25) is 4.90 Å². The van der Waals surface area contributed by atoms with Crippen LogP contribution in [0.4, 0.5) is 0 Å². The van der Waals surface area contributed by atoms with Gasteiger partial charge >= 0.3 is 0 Å². The Morgan fingerprint density at radius 3 is 2.00 bits per heavy atom. The minimum absolute atomic E-state index is 0.746. The molecule has 0 amide bonds. The summed E-state index contributed by atoms with van der Waals surface area (Å²) >= 11 is 0. The first-order valence-electron chi connectivity index (χ1n) is 7.99. The molecule has 0 aromatic carbocycles. The molecule has 0 fully saturated rings. The van der Waals surface area contributed by atoms with Crippen molar-refractivity contribution in [3.63, 3.8) is 0 Å². The molecule has 1 unspecified atom stereocenters. The summed E-state index contributed by atoms with van der Waals surface area (Å²) in [5, 5.41) is 3.54. The lowest BCUT2D eigenvalue weighted by Gasteiger charge is -2.34. The summed E-state index contributed by atoms with van der Waals surface area (Å²) in [5.74, 6) is 1.51. The lowest BCUT2D eigenvalue weighted by molar-refractivity contribution is 0.143. The van der Waals surface area contributed by atoms with E-state index in [1.807, 2.05) is 0 Å². The zero-order valence-corrected chi connectivity index (χ0v) is 13.6. The third-order valence-electron chi connectivity index (χ3n) is 3.52. The molecular formula is C16H36N2. The third kappa shape index (κ3) is 8.10. The minimum atomic E-state index is 0.746. The Hall–Kier alpha value is -0.0800. The van der Waals surface area contributed by atoms with E-state index in [4.69, 9.17) is 0 Å². The Morgan fingerprint density at radius 1 is 0.944 bits per heavy atom. The fourth-order valence-corrected chi connectivity index (χ4v) is 2.64. The van der Waals surface area contributed by atoms with Crippen LogP contribution in [0.15, 0.2) is 0 Å². The second-order valence-corrected chi connectivity index (χ2v) is 6.13. The maximum absolute atomic E-state index is 3.54. The van der Waals surface area contributed by atoms with Crippen LogP contribution in [-0.2, 0) is 0 Å². The summed E-state index contributed by atoms with van der Waals surface area (Å²) < 4.78 is 0. The lowest BCUT2D eigenvalue weighted by atomic mass is 10.0. The van der Waals surface area contributed by atoms with Crippen LogP contribution < -0.4 is 5.32 Å². The van der Waals surface area contributed by atoms with Gasteiger partial charge < -0.3 is 5.32 Å². The van der Waals surface area contributed by atoms with Crippen LogP contribution in [0.25, 0.3) is 0 Å². The van der Waals surface area contributed by atoms with E-state index >= 15 is 0 Å². The standard InChI is InChI=1S/C16H36N2/c1-7-10-17-11-15(6)13-18(12-14(4)5)16(8-2)9-3/h14-17H,7-13H2,1-6H3.